The number of rotatable bonds is 1. The molecule has 0 aliphatic carbocycles. The molecule has 6 heavy (non-hydrogen) atoms. The van der Waals surface area contributed by atoms with Gasteiger partial charge in [0, 0.05) is 6.54 Å². The molecule has 0 aliphatic heterocycles. The van der Waals surface area contributed by atoms with Gasteiger partial charge in [-0.25, -0.2) is 0 Å². The Morgan fingerprint density at radius 3 is 2.50 bits per heavy atom. The van der Waals surface area contributed by atoms with Crippen LogP contribution in [0.2, 0.25) is 0 Å². The molecule has 0 aromatic heterocycles. The second-order valence-corrected chi connectivity index (χ2v) is 1.04. The van der Waals surface area contributed by atoms with Crippen LogP contribution in [0.15, 0.2) is 5.16 Å². The van der Waals surface area contributed by atoms with E-state index >= 15 is 0 Å². The summed E-state index contributed by atoms with van der Waals surface area (Å²) in [5, 5.41) is 10.6. The van der Waals surface area contributed by atoms with E-state index in [1.54, 1.807) is 6.92 Å². The molecule has 0 saturated heterocycles. The Labute approximate surface area is 36.5 Å². The molecule has 0 aromatic carbocycles. The van der Waals surface area contributed by atoms with Gasteiger partial charge in [0.2, 0.25) is 0 Å². The normalized spacial score (nSPS) is 12.0. The highest BCUT2D eigenvalue weighted by Crippen LogP contribution is 1.63. The maximum Gasteiger partial charge on any atom is 0.0675 e. The first-order chi connectivity index (χ1) is 2.81. The van der Waals surface area contributed by atoms with Gasteiger partial charge >= 0.3 is 0 Å². The Morgan fingerprint density at radius 2 is 2.50 bits per heavy atom. The topological polar surface area (TPSA) is 58.6 Å². The van der Waals surface area contributed by atoms with E-state index < -0.39 is 0 Å². The molecule has 0 aromatic rings. The SMILES string of the molecule is CC(CN)=NO. The van der Waals surface area contributed by atoms with Crippen LogP contribution in [0.1, 0.15) is 6.92 Å². The van der Waals surface area contributed by atoms with E-state index in [0.717, 1.165) is 0 Å². The zero-order valence-electron chi connectivity index (χ0n) is 3.68. The molecule has 0 spiro atoms. The minimum atomic E-state index is 0.330. The Kier molecular flexibility index (Phi) is 2.40. The van der Waals surface area contributed by atoms with Crippen molar-refractivity contribution >= 4 is 5.71 Å². The van der Waals surface area contributed by atoms with Crippen LogP contribution in [-0.4, -0.2) is 17.5 Å². The second kappa shape index (κ2) is 2.66. The molecule has 0 unspecified atom stereocenters. The fraction of sp³-hybridized carbons (Fsp3) is 0.667. The quantitative estimate of drug-likeness (QED) is 0.265. The van der Waals surface area contributed by atoms with Crippen molar-refractivity contribution in [2.45, 2.75) is 6.92 Å². The Bertz CT molecular complexity index is 59.8. The van der Waals surface area contributed by atoms with Gasteiger partial charge in [0.15, 0.2) is 0 Å². The predicted octanol–water partition coefficient (Wildman–Crippen LogP) is -0.205. The van der Waals surface area contributed by atoms with Crippen molar-refractivity contribution < 1.29 is 5.21 Å². The van der Waals surface area contributed by atoms with Gasteiger partial charge in [-0.2, -0.15) is 0 Å². The van der Waals surface area contributed by atoms with Crippen molar-refractivity contribution in [3.05, 3.63) is 0 Å². The Morgan fingerprint density at radius 1 is 2.00 bits per heavy atom. The molecule has 0 atom stereocenters. The molecular weight excluding hydrogens is 80.0 g/mol. The van der Waals surface area contributed by atoms with Crippen molar-refractivity contribution in [3.63, 3.8) is 0 Å². The average Bonchev–Trinajstić information content (AvgIpc) is 1.65. The maximum absolute atomic E-state index is 7.84. The summed E-state index contributed by atoms with van der Waals surface area (Å²) < 4.78 is 0. The highest BCUT2D eigenvalue weighted by atomic mass is 16.4. The van der Waals surface area contributed by atoms with E-state index in [4.69, 9.17) is 10.9 Å². The molecular formula is C3H8N2O. The summed E-state index contributed by atoms with van der Waals surface area (Å²) in [7, 11) is 0. The van der Waals surface area contributed by atoms with E-state index in [1.807, 2.05) is 0 Å². The van der Waals surface area contributed by atoms with Gasteiger partial charge in [0.05, 0.1) is 5.71 Å². The third-order valence-corrected chi connectivity index (χ3v) is 0.466. The van der Waals surface area contributed by atoms with Crippen molar-refractivity contribution in [1.82, 2.24) is 0 Å². The van der Waals surface area contributed by atoms with Crippen LogP contribution in [0.25, 0.3) is 0 Å². The van der Waals surface area contributed by atoms with Crippen LogP contribution in [0, 0.1) is 0 Å². The summed E-state index contributed by atoms with van der Waals surface area (Å²) in [5.41, 5.74) is 5.54. The fourth-order valence-electron chi connectivity index (χ4n) is 0.0408. The van der Waals surface area contributed by atoms with E-state index in [2.05, 4.69) is 5.16 Å². The fourth-order valence-corrected chi connectivity index (χ4v) is 0.0408. The monoisotopic (exact) mass is 88.1 g/mol. The summed E-state index contributed by atoms with van der Waals surface area (Å²) in [4.78, 5) is 0. The molecule has 0 radical (unpaired) electrons. The molecule has 0 rings (SSSR count). The van der Waals surface area contributed by atoms with Crippen LogP contribution < -0.4 is 5.73 Å². The zero-order chi connectivity index (χ0) is 4.99. The predicted molar refractivity (Wildman–Crippen MR) is 23.9 cm³/mol. The second-order valence-electron chi connectivity index (χ2n) is 1.04. The van der Waals surface area contributed by atoms with E-state index in [-0.39, 0.29) is 0 Å². The lowest BCUT2D eigenvalue weighted by Gasteiger charge is -1.82. The van der Waals surface area contributed by atoms with Gasteiger partial charge in [-0.3, -0.25) is 0 Å². The highest BCUT2D eigenvalue weighted by molar-refractivity contribution is 5.82. The van der Waals surface area contributed by atoms with Crippen LogP contribution in [0.5, 0.6) is 0 Å². The first-order valence-electron chi connectivity index (χ1n) is 1.69. The molecule has 0 fully saturated rings. The number of hydrogen-bond acceptors (Lipinski definition) is 3. The first-order valence-corrected chi connectivity index (χ1v) is 1.69. The molecule has 3 N–H and O–H groups in total. The number of nitrogens with two attached hydrogens (primary N) is 1. The van der Waals surface area contributed by atoms with Crippen LogP contribution in [0.3, 0.4) is 0 Å². The van der Waals surface area contributed by atoms with Gasteiger partial charge in [-0.1, -0.05) is 5.16 Å². The largest absolute Gasteiger partial charge is 0.411 e. The van der Waals surface area contributed by atoms with Crippen molar-refractivity contribution in [1.29, 1.82) is 0 Å². The zero-order valence-corrected chi connectivity index (χ0v) is 3.68. The van der Waals surface area contributed by atoms with Crippen LogP contribution in [0.4, 0.5) is 0 Å². The summed E-state index contributed by atoms with van der Waals surface area (Å²) in [5.74, 6) is 0. The lowest BCUT2D eigenvalue weighted by molar-refractivity contribution is 0.318. The average molecular weight is 88.1 g/mol. The van der Waals surface area contributed by atoms with E-state index in [0.29, 0.717) is 12.3 Å². The number of nitrogens with zero attached hydrogens (tertiary/aromatic N) is 1. The lowest BCUT2D eigenvalue weighted by atomic mass is 10.4. The molecule has 0 bridgehead atoms. The van der Waals surface area contributed by atoms with E-state index in [1.165, 1.54) is 0 Å². The Balaban J connectivity index is 3.22. The van der Waals surface area contributed by atoms with Crippen LogP contribution in [-0.2, 0) is 0 Å². The maximum atomic E-state index is 7.84. The standard InChI is InChI=1S/C3H8N2O/c1-3(2-4)5-6/h6H,2,4H2,1H3. The molecule has 0 saturated carbocycles. The first kappa shape index (κ1) is 5.43. The number of oxime groups is 1. The molecule has 0 heterocycles. The number of hydrogen-bond donors (Lipinski definition) is 2. The van der Waals surface area contributed by atoms with Crippen LogP contribution >= 0.6 is 0 Å². The van der Waals surface area contributed by atoms with Gasteiger partial charge in [0.1, 0.15) is 0 Å². The molecule has 3 heteroatoms. The summed E-state index contributed by atoms with van der Waals surface area (Å²) in [6.07, 6.45) is 0. The lowest BCUT2D eigenvalue weighted by Crippen LogP contribution is -2.08. The minimum absolute atomic E-state index is 0.330. The molecule has 3 nitrogen and oxygen atoms in total. The summed E-state index contributed by atoms with van der Waals surface area (Å²) in [6, 6.07) is 0. The van der Waals surface area contributed by atoms with Gasteiger partial charge in [0.25, 0.3) is 0 Å². The summed E-state index contributed by atoms with van der Waals surface area (Å²) >= 11 is 0. The highest BCUT2D eigenvalue weighted by Gasteiger charge is 1.77. The third-order valence-electron chi connectivity index (χ3n) is 0.466. The van der Waals surface area contributed by atoms with Crippen molar-refractivity contribution in [3.8, 4) is 0 Å². The van der Waals surface area contributed by atoms with Crippen molar-refractivity contribution in [2.24, 2.45) is 10.9 Å². The third kappa shape index (κ3) is 1.72. The Hall–Kier alpha value is -0.570. The minimum Gasteiger partial charge on any atom is -0.411 e. The summed E-state index contributed by atoms with van der Waals surface area (Å²) in [6.45, 7) is 1.98. The van der Waals surface area contributed by atoms with Gasteiger partial charge in [-0.05, 0) is 6.92 Å². The van der Waals surface area contributed by atoms with Crippen molar-refractivity contribution in [2.75, 3.05) is 6.54 Å². The van der Waals surface area contributed by atoms with Gasteiger partial charge in [-0.15, -0.1) is 0 Å². The molecule has 0 aliphatic rings. The smallest absolute Gasteiger partial charge is 0.0675 e. The molecule has 36 valence electrons. The molecule has 0 amide bonds. The van der Waals surface area contributed by atoms with E-state index in [9.17, 15) is 0 Å². The van der Waals surface area contributed by atoms with Gasteiger partial charge < -0.3 is 10.9 Å².